The quantitative estimate of drug-likeness (QED) is 0.581. The first kappa shape index (κ1) is 16.1. The molecule has 5 nitrogen and oxygen atoms in total. The van der Waals surface area contributed by atoms with Crippen LogP contribution in [-0.2, 0) is 6.54 Å². The molecule has 136 valence electrons. The van der Waals surface area contributed by atoms with Gasteiger partial charge in [0.05, 0.1) is 23.8 Å². The van der Waals surface area contributed by atoms with Gasteiger partial charge in [-0.2, -0.15) is 0 Å². The van der Waals surface area contributed by atoms with Crippen LogP contribution < -0.4 is 5.32 Å². The number of nitrogens with one attached hydrogen (secondary N) is 1. The molecule has 7 heteroatoms. The van der Waals surface area contributed by atoms with Gasteiger partial charge in [-0.15, -0.1) is 5.10 Å². The van der Waals surface area contributed by atoms with Gasteiger partial charge in [-0.3, -0.25) is 0 Å². The molecule has 1 aliphatic carbocycles. The van der Waals surface area contributed by atoms with E-state index in [2.05, 4.69) is 15.6 Å². The standard InChI is InChI=1S/C20H16F2N4O/c21-17-3-1-12(8-18(17)22)16-9-19(16)23-10-14-11-26(25-24-14)15-2-4-20-13(7-15)5-6-27-20/h1-8,11,16,19,23H,9-10H2/t16-,19+/m0/s1. The Morgan fingerprint density at radius 3 is 2.93 bits per heavy atom. The van der Waals surface area contributed by atoms with Crippen molar-refractivity contribution in [3.63, 3.8) is 0 Å². The lowest BCUT2D eigenvalue weighted by Crippen LogP contribution is -2.17. The van der Waals surface area contributed by atoms with Crippen LogP contribution in [0.3, 0.4) is 0 Å². The average Bonchev–Trinajstić information content (AvgIpc) is 3.07. The van der Waals surface area contributed by atoms with Gasteiger partial charge >= 0.3 is 0 Å². The van der Waals surface area contributed by atoms with E-state index in [1.807, 2.05) is 30.5 Å². The Labute approximate surface area is 153 Å². The highest BCUT2D eigenvalue weighted by Gasteiger charge is 2.38. The molecule has 1 N–H and O–H groups in total. The van der Waals surface area contributed by atoms with Gasteiger partial charge in [0.1, 0.15) is 5.58 Å². The zero-order valence-electron chi connectivity index (χ0n) is 14.3. The molecular formula is C20H16F2N4O. The summed E-state index contributed by atoms with van der Waals surface area (Å²) < 4.78 is 33.5. The number of nitrogens with zero attached hydrogens (tertiary/aromatic N) is 3. The first-order valence-electron chi connectivity index (χ1n) is 8.74. The van der Waals surface area contributed by atoms with Crippen molar-refractivity contribution in [2.75, 3.05) is 0 Å². The van der Waals surface area contributed by atoms with Crippen LogP contribution in [0.15, 0.2) is 59.3 Å². The molecule has 1 aliphatic rings. The highest BCUT2D eigenvalue weighted by molar-refractivity contribution is 5.79. The Bertz CT molecular complexity index is 1120. The second-order valence-electron chi connectivity index (χ2n) is 6.80. The predicted molar refractivity (Wildman–Crippen MR) is 95.5 cm³/mol. The highest BCUT2D eigenvalue weighted by atomic mass is 19.2. The van der Waals surface area contributed by atoms with E-state index < -0.39 is 11.6 Å². The smallest absolute Gasteiger partial charge is 0.159 e. The van der Waals surface area contributed by atoms with Crippen molar-refractivity contribution in [2.24, 2.45) is 0 Å². The number of furan rings is 1. The van der Waals surface area contributed by atoms with E-state index in [4.69, 9.17) is 4.42 Å². The third-order valence-corrected chi connectivity index (χ3v) is 4.95. The second kappa shape index (κ2) is 6.28. The van der Waals surface area contributed by atoms with Crippen molar-refractivity contribution in [1.82, 2.24) is 20.3 Å². The Morgan fingerprint density at radius 1 is 1.11 bits per heavy atom. The fourth-order valence-corrected chi connectivity index (χ4v) is 3.37. The van der Waals surface area contributed by atoms with E-state index in [9.17, 15) is 8.78 Å². The molecule has 1 fully saturated rings. The SMILES string of the molecule is Fc1ccc([C@@H]2C[C@H]2NCc2cn(-c3ccc4occc4c3)nn2)cc1F. The summed E-state index contributed by atoms with van der Waals surface area (Å²) in [5.74, 6) is -1.40. The second-order valence-corrected chi connectivity index (χ2v) is 6.80. The highest BCUT2D eigenvalue weighted by Crippen LogP contribution is 2.41. The van der Waals surface area contributed by atoms with Gasteiger partial charge in [0.2, 0.25) is 0 Å². The minimum absolute atomic E-state index is 0.207. The maximum atomic E-state index is 13.4. The normalized spacial score (nSPS) is 18.9. The van der Waals surface area contributed by atoms with Crippen LogP contribution >= 0.6 is 0 Å². The Kier molecular flexibility index (Phi) is 3.75. The van der Waals surface area contributed by atoms with Gasteiger partial charge < -0.3 is 9.73 Å². The van der Waals surface area contributed by atoms with Gasteiger partial charge in [0.15, 0.2) is 11.6 Å². The lowest BCUT2D eigenvalue weighted by molar-refractivity contribution is 0.506. The summed E-state index contributed by atoms with van der Waals surface area (Å²) in [4.78, 5) is 0. The van der Waals surface area contributed by atoms with Gasteiger partial charge in [0.25, 0.3) is 0 Å². The molecule has 0 spiro atoms. The molecule has 2 atom stereocenters. The predicted octanol–water partition coefficient (Wildman–Crippen LogP) is 3.94. The van der Waals surface area contributed by atoms with Crippen molar-refractivity contribution >= 4 is 11.0 Å². The van der Waals surface area contributed by atoms with Crippen molar-refractivity contribution in [2.45, 2.75) is 24.9 Å². The van der Waals surface area contributed by atoms with E-state index >= 15 is 0 Å². The third kappa shape index (κ3) is 3.10. The number of fused-ring (bicyclic) bond motifs is 1. The average molecular weight is 366 g/mol. The van der Waals surface area contributed by atoms with Crippen molar-refractivity contribution in [3.8, 4) is 5.69 Å². The number of halogens is 2. The van der Waals surface area contributed by atoms with Crippen LogP contribution in [0.5, 0.6) is 0 Å². The van der Waals surface area contributed by atoms with E-state index in [1.165, 1.54) is 12.1 Å². The number of benzene rings is 2. The van der Waals surface area contributed by atoms with Crippen LogP contribution in [0.25, 0.3) is 16.7 Å². The van der Waals surface area contributed by atoms with E-state index in [0.29, 0.717) is 6.54 Å². The largest absolute Gasteiger partial charge is 0.464 e. The molecule has 0 saturated heterocycles. The fraction of sp³-hybridized carbons (Fsp3) is 0.200. The lowest BCUT2D eigenvalue weighted by Gasteiger charge is -2.03. The van der Waals surface area contributed by atoms with Gasteiger partial charge in [-0.05, 0) is 48.4 Å². The molecule has 1 saturated carbocycles. The maximum Gasteiger partial charge on any atom is 0.159 e. The summed E-state index contributed by atoms with van der Waals surface area (Å²) in [7, 11) is 0. The monoisotopic (exact) mass is 366 g/mol. The van der Waals surface area contributed by atoms with Crippen molar-refractivity contribution in [1.29, 1.82) is 0 Å². The third-order valence-electron chi connectivity index (χ3n) is 4.95. The number of hydrogen-bond donors (Lipinski definition) is 1. The first-order valence-corrected chi connectivity index (χ1v) is 8.74. The Morgan fingerprint density at radius 2 is 2.04 bits per heavy atom. The first-order chi connectivity index (χ1) is 13.2. The van der Waals surface area contributed by atoms with Crippen molar-refractivity contribution < 1.29 is 13.2 Å². The van der Waals surface area contributed by atoms with Crippen LogP contribution in [-0.4, -0.2) is 21.0 Å². The number of hydrogen-bond acceptors (Lipinski definition) is 4. The summed E-state index contributed by atoms with van der Waals surface area (Å²) in [6.07, 6.45) is 4.43. The number of rotatable bonds is 5. The minimum Gasteiger partial charge on any atom is -0.464 e. The summed E-state index contributed by atoms with van der Waals surface area (Å²) in [5, 5.41) is 12.8. The summed E-state index contributed by atoms with van der Waals surface area (Å²) >= 11 is 0. The molecule has 2 aromatic carbocycles. The van der Waals surface area contributed by atoms with E-state index in [-0.39, 0.29) is 12.0 Å². The molecule has 2 heterocycles. The number of aromatic nitrogens is 3. The summed E-state index contributed by atoms with van der Waals surface area (Å²) in [6.45, 7) is 0.568. The Hall–Kier alpha value is -3.06. The maximum absolute atomic E-state index is 13.4. The van der Waals surface area contributed by atoms with Crippen LogP contribution in [0, 0.1) is 11.6 Å². The molecule has 0 amide bonds. The molecule has 0 aliphatic heterocycles. The van der Waals surface area contributed by atoms with Gasteiger partial charge in [-0.1, -0.05) is 11.3 Å². The van der Waals surface area contributed by atoms with Crippen molar-refractivity contribution in [3.05, 3.63) is 77.8 Å². The Balaban J connectivity index is 1.23. The molecule has 0 bridgehead atoms. The van der Waals surface area contributed by atoms with Crippen LogP contribution in [0.1, 0.15) is 23.6 Å². The van der Waals surface area contributed by atoms with E-state index in [1.54, 1.807) is 17.0 Å². The zero-order valence-corrected chi connectivity index (χ0v) is 14.3. The molecule has 27 heavy (non-hydrogen) atoms. The van der Waals surface area contributed by atoms with Gasteiger partial charge in [-0.25, -0.2) is 13.5 Å². The molecule has 0 unspecified atom stereocenters. The van der Waals surface area contributed by atoms with Crippen LogP contribution in [0.4, 0.5) is 8.78 Å². The molecule has 0 radical (unpaired) electrons. The molecular weight excluding hydrogens is 350 g/mol. The van der Waals surface area contributed by atoms with Crippen LogP contribution in [0.2, 0.25) is 0 Å². The molecule has 4 aromatic rings. The van der Waals surface area contributed by atoms with Gasteiger partial charge in [0, 0.05) is 23.9 Å². The zero-order chi connectivity index (χ0) is 18.4. The summed E-state index contributed by atoms with van der Waals surface area (Å²) in [5.41, 5.74) is 3.38. The lowest BCUT2D eigenvalue weighted by atomic mass is 10.1. The minimum atomic E-state index is -0.811. The summed E-state index contributed by atoms with van der Waals surface area (Å²) in [6, 6.07) is 12.1. The topological polar surface area (TPSA) is 55.9 Å². The molecule has 2 aromatic heterocycles. The molecule has 5 rings (SSSR count). The van der Waals surface area contributed by atoms with E-state index in [0.717, 1.165) is 34.3 Å². The fourth-order valence-electron chi connectivity index (χ4n) is 3.37.